The van der Waals surface area contributed by atoms with Crippen LogP contribution in [-0.2, 0) is 0 Å². The van der Waals surface area contributed by atoms with Crippen molar-refractivity contribution >= 4 is 18.2 Å². The van der Waals surface area contributed by atoms with Crippen LogP contribution in [0.4, 0.5) is 0 Å². The van der Waals surface area contributed by atoms with Gasteiger partial charge in [-0.15, -0.1) is 12.4 Å². The van der Waals surface area contributed by atoms with E-state index in [-0.39, 0.29) is 18.2 Å². The molecular weight excluding hydrogens is 252 g/mol. The lowest BCUT2D eigenvalue weighted by atomic mass is 10.2. The molecule has 0 bridgehead atoms. The van der Waals surface area contributed by atoms with Crippen molar-refractivity contribution in [2.75, 3.05) is 26.2 Å². The van der Waals surface area contributed by atoms with E-state index in [1.54, 1.807) is 12.1 Å². The van der Waals surface area contributed by atoms with E-state index in [2.05, 4.69) is 5.32 Å². The largest absolute Gasteiger partial charge is 0.494 e. The summed E-state index contributed by atoms with van der Waals surface area (Å²) in [6.07, 6.45) is 0.939. The fourth-order valence-electron chi connectivity index (χ4n) is 1.34. The van der Waals surface area contributed by atoms with Crippen LogP contribution in [0.25, 0.3) is 0 Å². The molecule has 6 N–H and O–H groups in total. The van der Waals surface area contributed by atoms with E-state index in [1.165, 1.54) is 0 Å². The molecule has 0 saturated carbocycles. The fraction of sp³-hybridized carbons (Fsp3) is 0.417. The predicted molar refractivity (Wildman–Crippen MR) is 76.7 cm³/mol. The zero-order valence-corrected chi connectivity index (χ0v) is 11.1. The Bertz CT molecular complexity index is 342. The summed E-state index contributed by atoms with van der Waals surface area (Å²) in [6.45, 7) is 3.07. The second-order valence-corrected chi connectivity index (χ2v) is 3.68. The highest BCUT2D eigenvalue weighted by Gasteiger charge is 1.97. The van der Waals surface area contributed by atoms with Gasteiger partial charge >= 0.3 is 0 Å². The Hall–Kier alpha value is -1.30. The molecule has 1 aromatic carbocycles. The molecule has 0 aromatic heterocycles. The van der Waals surface area contributed by atoms with Gasteiger partial charge in [0, 0.05) is 18.7 Å². The van der Waals surface area contributed by atoms with Crippen LogP contribution in [0.1, 0.15) is 12.0 Å². The van der Waals surface area contributed by atoms with Crippen LogP contribution in [0.15, 0.2) is 24.3 Å². The number of benzene rings is 1. The van der Waals surface area contributed by atoms with Crippen LogP contribution < -0.4 is 21.5 Å². The summed E-state index contributed by atoms with van der Waals surface area (Å²) in [6, 6.07) is 7.21. The second-order valence-electron chi connectivity index (χ2n) is 3.68. The number of nitrogen functional groups attached to an aromatic ring is 1. The first-order valence-corrected chi connectivity index (χ1v) is 5.72. The number of nitrogens with one attached hydrogen (secondary N) is 2. The molecule has 0 aliphatic rings. The van der Waals surface area contributed by atoms with Crippen LogP contribution in [0.3, 0.4) is 0 Å². The Morgan fingerprint density at radius 3 is 2.44 bits per heavy atom. The number of amidine groups is 1. The molecular formula is C12H21ClN4O. The molecule has 0 atom stereocenters. The van der Waals surface area contributed by atoms with Gasteiger partial charge in [-0.05, 0) is 37.2 Å². The third kappa shape index (κ3) is 6.44. The van der Waals surface area contributed by atoms with Gasteiger partial charge in [0.2, 0.25) is 0 Å². The van der Waals surface area contributed by atoms with Crippen LogP contribution in [0.5, 0.6) is 5.75 Å². The monoisotopic (exact) mass is 272 g/mol. The highest BCUT2D eigenvalue weighted by molar-refractivity contribution is 5.94. The topological polar surface area (TPSA) is 97.2 Å². The van der Waals surface area contributed by atoms with E-state index in [9.17, 15) is 0 Å². The Balaban J connectivity index is 0.00000289. The van der Waals surface area contributed by atoms with Crippen LogP contribution in [0.2, 0.25) is 0 Å². The third-order valence-corrected chi connectivity index (χ3v) is 2.25. The lowest BCUT2D eigenvalue weighted by Crippen LogP contribution is -2.24. The quantitative estimate of drug-likeness (QED) is 0.318. The van der Waals surface area contributed by atoms with Crippen molar-refractivity contribution in [3.63, 3.8) is 0 Å². The molecule has 0 unspecified atom stereocenters. The second kappa shape index (κ2) is 9.70. The third-order valence-electron chi connectivity index (χ3n) is 2.25. The van der Waals surface area contributed by atoms with E-state index in [4.69, 9.17) is 21.6 Å². The fourth-order valence-corrected chi connectivity index (χ4v) is 1.34. The normalized spacial score (nSPS) is 9.61. The maximum Gasteiger partial charge on any atom is 0.122 e. The average Bonchev–Trinajstić information content (AvgIpc) is 2.34. The summed E-state index contributed by atoms with van der Waals surface area (Å²) in [4.78, 5) is 0. The first-order valence-electron chi connectivity index (χ1n) is 5.72. The van der Waals surface area contributed by atoms with Crippen LogP contribution in [0, 0.1) is 5.41 Å². The molecule has 6 heteroatoms. The van der Waals surface area contributed by atoms with E-state index < -0.39 is 0 Å². The SMILES string of the molecule is Cl.N=C(N)c1ccc(OCCCNCCN)cc1. The Kier molecular flexibility index (Phi) is 9.00. The minimum absolute atomic E-state index is 0. The molecule has 0 aliphatic heterocycles. The lowest BCUT2D eigenvalue weighted by molar-refractivity contribution is 0.308. The molecule has 102 valence electrons. The van der Waals surface area contributed by atoms with Crippen molar-refractivity contribution < 1.29 is 4.74 Å². The van der Waals surface area contributed by atoms with E-state index in [1.807, 2.05) is 12.1 Å². The van der Waals surface area contributed by atoms with Crippen molar-refractivity contribution in [1.82, 2.24) is 5.32 Å². The van der Waals surface area contributed by atoms with Gasteiger partial charge in [0.15, 0.2) is 0 Å². The van der Waals surface area contributed by atoms with Gasteiger partial charge in [-0.25, -0.2) is 0 Å². The Morgan fingerprint density at radius 1 is 1.22 bits per heavy atom. The van der Waals surface area contributed by atoms with Gasteiger partial charge in [0.25, 0.3) is 0 Å². The van der Waals surface area contributed by atoms with Crippen molar-refractivity contribution in [3.05, 3.63) is 29.8 Å². The molecule has 0 fully saturated rings. The van der Waals surface area contributed by atoms with Crippen LogP contribution >= 0.6 is 12.4 Å². The molecule has 0 amide bonds. The summed E-state index contributed by atoms with van der Waals surface area (Å²) >= 11 is 0. The lowest BCUT2D eigenvalue weighted by Gasteiger charge is -2.07. The predicted octanol–water partition coefficient (Wildman–Crippen LogP) is 0.710. The Labute approximate surface area is 114 Å². The molecule has 1 rings (SSSR count). The number of ether oxygens (including phenoxy) is 1. The Morgan fingerprint density at radius 2 is 1.89 bits per heavy atom. The molecule has 0 saturated heterocycles. The average molecular weight is 273 g/mol. The zero-order chi connectivity index (χ0) is 12.5. The maximum absolute atomic E-state index is 7.26. The van der Waals surface area contributed by atoms with Crippen molar-refractivity contribution in [2.45, 2.75) is 6.42 Å². The summed E-state index contributed by atoms with van der Waals surface area (Å²) in [5.74, 6) is 0.872. The molecule has 0 aliphatic carbocycles. The van der Waals surface area contributed by atoms with Crippen molar-refractivity contribution in [3.8, 4) is 5.75 Å². The van der Waals surface area contributed by atoms with Gasteiger partial charge in [-0.3, -0.25) is 5.41 Å². The molecule has 0 spiro atoms. The smallest absolute Gasteiger partial charge is 0.122 e. The summed E-state index contributed by atoms with van der Waals surface area (Å²) in [5, 5.41) is 10.5. The first kappa shape index (κ1) is 16.7. The molecule has 5 nitrogen and oxygen atoms in total. The molecule has 0 radical (unpaired) electrons. The number of nitrogens with two attached hydrogens (primary N) is 2. The van der Waals surface area contributed by atoms with Gasteiger partial charge in [-0.1, -0.05) is 0 Å². The number of halogens is 1. The standard InChI is InChI=1S/C12H20N4O.ClH/c13-6-8-16-7-1-9-17-11-4-2-10(3-5-11)12(14)15;/h2-5,16H,1,6-9,13H2,(H3,14,15);1H. The molecule has 0 heterocycles. The summed E-state index contributed by atoms with van der Waals surface area (Å²) in [5.41, 5.74) is 11.4. The van der Waals surface area contributed by atoms with Gasteiger partial charge in [0.05, 0.1) is 6.61 Å². The van der Waals surface area contributed by atoms with E-state index >= 15 is 0 Å². The van der Waals surface area contributed by atoms with Crippen molar-refractivity contribution in [2.24, 2.45) is 11.5 Å². The molecule has 18 heavy (non-hydrogen) atoms. The highest BCUT2D eigenvalue weighted by Crippen LogP contribution is 2.11. The minimum atomic E-state index is 0. The number of hydrogen-bond donors (Lipinski definition) is 4. The maximum atomic E-state index is 7.26. The van der Waals surface area contributed by atoms with E-state index in [0.717, 1.165) is 25.3 Å². The van der Waals surface area contributed by atoms with Gasteiger partial charge in [0.1, 0.15) is 11.6 Å². The zero-order valence-electron chi connectivity index (χ0n) is 10.3. The van der Waals surface area contributed by atoms with E-state index in [0.29, 0.717) is 18.7 Å². The number of rotatable bonds is 8. The van der Waals surface area contributed by atoms with Gasteiger partial charge in [-0.2, -0.15) is 0 Å². The summed E-state index contributed by atoms with van der Waals surface area (Å²) < 4.78 is 5.54. The van der Waals surface area contributed by atoms with Gasteiger partial charge < -0.3 is 21.5 Å². The van der Waals surface area contributed by atoms with Crippen molar-refractivity contribution in [1.29, 1.82) is 5.41 Å². The highest BCUT2D eigenvalue weighted by atomic mass is 35.5. The summed E-state index contributed by atoms with van der Waals surface area (Å²) in [7, 11) is 0. The minimum Gasteiger partial charge on any atom is -0.494 e. The molecule has 1 aromatic rings. The van der Waals surface area contributed by atoms with Crippen LogP contribution in [-0.4, -0.2) is 32.1 Å². The number of hydrogen-bond acceptors (Lipinski definition) is 4. The first-order chi connectivity index (χ1) is 8.24.